The fourth-order valence-corrected chi connectivity index (χ4v) is 5.15. The van der Waals surface area contributed by atoms with Crippen molar-refractivity contribution < 1.29 is 19.1 Å². The van der Waals surface area contributed by atoms with Gasteiger partial charge in [-0.05, 0) is 55.5 Å². The Hall–Kier alpha value is -1.47. The Morgan fingerprint density at radius 2 is 1.84 bits per heavy atom. The lowest BCUT2D eigenvalue weighted by atomic mass is 9.97. The largest absolute Gasteiger partial charge is 0.382 e. The average Bonchev–Trinajstić information content (AvgIpc) is 3.29. The van der Waals surface area contributed by atoms with Gasteiger partial charge >= 0.3 is 0 Å². The fourth-order valence-electron chi connectivity index (χ4n) is 4.89. The number of hydrogen-bond acceptors (Lipinski definition) is 5. The van der Waals surface area contributed by atoms with Gasteiger partial charge in [0.05, 0.1) is 13.2 Å². The molecule has 0 unspecified atom stereocenters. The summed E-state index contributed by atoms with van der Waals surface area (Å²) in [6.07, 6.45) is 4.77. The summed E-state index contributed by atoms with van der Waals surface area (Å²) in [6.45, 7) is 8.44. The van der Waals surface area contributed by atoms with Crippen LogP contribution in [-0.4, -0.2) is 74.1 Å². The quantitative estimate of drug-likeness (QED) is 0.495. The van der Waals surface area contributed by atoms with Crippen LogP contribution in [0.3, 0.4) is 0 Å². The van der Waals surface area contributed by atoms with Crippen LogP contribution in [0.4, 0.5) is 0 Å². The molecule has 6 nitrogen and oxygen atoms in total. The van der Waals surface area contributed by atoms with Gasteiger partial charge in [0.1, 0.15) is 6.61 Å². The molecule has 2 fully saturated rings. The molecule has 0 bridgehead atoms. The second-order valence-corrected chi connectivity index (χ2v) is 9.64. The fraction of sp³-hybridized carbons (Fsp3) is 0.680. The number of hydrogen-bond donors (Lipinski definition) is 0. The van der Waals surface area contributed by atoms with Gasteiger partial charge in [0, 0.05) is 56.7 Å². The van der Waals surface area contributed by atoms with Gasteiger partial charge in [-0.3, -0.25) is 14.5 Å². The van der Waals surface area contributed by atoms with Gasteiger partial charge in [-0.1, -0.05) is 24.4 Å². The molecule has 1 saturated heterocycles. The third kappa shape index (κ3) is 6.77. The van der Waals surface area contributed by atoms with Gasteiger partial charge in [-0.2, -0.15) is 0 Å². The number of methoxy groups -OCH3 is 1. The molecule has 0 spiro atoms. The number of carbonyl (C=O) groups is 2. The lowest BCUT2D eigenvalue weighted by molar-refractivity contribution is -0.140. The van der Waals surface area contributed by atoms with E-state index in [1.165, 1.54) is 12.8 Å². The molecule has 1 heterocycles. The maximum Gasteiger partial charge on any atom is 0.226 e. The predicted octanol–water partition coefficient (Wildman–Crippen LogP) is 3.65. The Kier molecular flexibility index (Phi) is 9.53. The van der Waals surface area contributed by atoms with Crippen LogP contribution < -0.4 is 0 Å². The normalized spacial score (nSPS) is 20.1. The summed E-state index contributed by atoms with van der Waals surface area (Å²) in [7, 11) is 1.61. The summed E-state index contributed by atoms with van der Waals surface area (Å²) < 4.78 is 10.3. The van der Waals surface area contributed by atoms with Crippen molar-refractivity contribution in [3.05, 3.63) is 33.8 Å². The first-order valence-electron chi connectivity index (χ1n) is 11.8. The smallest absolute Gasteiger partial charge is 0.226 e. The average molecular weight is 465 g/mol. The molecule has 1 aromatic carbocycles. The van der Waals surface area contributed by atoms with Gasteiger partial charge in [0.2, 0.25) is 5.91 Å². The van der Waals surface area contributed by atoms with Crippen LogP contribution in [-0.2, 0) is 32.0 Å². The summed E-state index contributed by atoms with van der Waals surface area (Å²) >= 11 is 6.40. The maximum atomic E-state index is 12.9. The van der Waals surface area contributed by atoms with Crippen molar-refractivity contribution in [1.29, 1.82) is 0 Å². The van der Waals surface area contributed by atoms with E-state index in [2.05, 4.69) is 23.6 Å². The van der Waals surface area contributed by atoms with Crippen molar-refractivity contribution in [2.45, 2.75) is 58.5 Å². The highest BCUT2D eigenvalue weighted by Gasteiger charge is 2.33. The van der Waals surface area contributed by atoms with E-state index in [0.29, 0.717) is 30.6 Å². The van der Waals surface area contributed by atoms with Crippen molar-refractivity contribution in [2.75, 3.05) is 46.6 Å². The number of ketones is 1. The van der Waals surface area contributed by atoms with E-state index in [4.69, 9.17) is 21.1 Å². The molecule has 1 atom stereocenters. The van der Waals surface area contributed by atoms with Crippen LogP contribution in [0.2, 0.25) is 5.02 Å². The Balaban J connectivity index is 1.58. The highest BCUT2D eigenvalue weighted by atomic mass is 35.5. The molecule has 1 saturated carbocycles. The van der Waals surface area contributed by atoms with Crippen molar-refractivity contribution in [3.8, 4) is 0 Å². The first-order valence-corrected chi connectivity index (χ1v) is 12.2. The van der Waals surface area contributed by atoms with Crippen LogP contribution >= 0.6 is 11.6 Å². The van der Waals surface area contributed by atoms with Crippen LogP contribution in [0, 0.1) is 12.8 Å². The number of carbonyl (C=O) groups excluding carboxylic acids is 2. The standard InChI is InChI=1S/C25H37ClN2O4/c1-18-15-27(8-9-28(18)25(30)20-6-4-5-7-20)16-22-13-23(26)12-21(19(22)2)14-24(29)17-32-11-10-31-3/h12-13,18,20H,4-11,14-17H2,1-3H3/t18-/m0/s1. The minimum atomic E-state index is 0.0325. The zero-order valence-electron chi connectivity index (χ0n) is 19.7. The molecule has 32 heavy (non-hydrogen) atoms. The van der Waals surface area contributed by atoms with Gasteiger partial charge in [0.25, 0.3) is 0 Å². The maximum absolute atomic E-state index is 12.9. The number of benzene rings is 1. The number of rotatable bonds is 10. The molecule has 0 N–H and O–H groups in total. The summed E-state index contributed by atoms with van der Waals surface area (Å²) in [5.74, 6) is 0.616. The van der Waals surface area contributed by atoms with Crippen LogP contribution in [0.1, 0.15) is 49.3 Å². The summed E-state index contributed by atoms with van der Waals surface area (Å²) in [5, 5.41) is 0.650. The third-order valence-electron chi connectivity index (χ3n) is 6.76. The molecular formula is C25H37ClN2O4. The highest BCUT2D eigenvalue weighted by molar-refractivity contribution is 6.30. The minimum absolute atomic E-state index is 0.0325. The third-order valence-corrected chi connectivity index (χ3v) is 6.98. The number of ether oxygens (including phenoxy) is 2. The molecule has 1 aliphatic carbocycles. The number of amides is 1. The first kappa shape index (κ1) is 25.2. The molecule has 3 rings (SSSR count). The minimum Gasteiger partial charge on any atom is -0.382 e. The van der Waals surface area contributed by atoms with Gasteiger partial charge in [0.15, 0.2) is 5.78 Å². The monoisotopic (exact) mass is 464 g/mol. The Labute approximate surface area is 197 Å². The van der Waals surface area contributed by atoms with Crippen molar-refractivity contribution in [1.82, 2.24) is 9.80 Å². The van der Waals surface area contributed by atoms with Crippen molar-refractivity contribution in [2.24, 2.45) is 5.92 Å². The predicted molar refractivity (Wildman–Crippen MR) is 126 cm³/mol. The van der Waals surface area contributed by atoms with Crippen molar-refractivity contribution in [3.63, 3.8) is 0 Å². The molecule has 1 aliphatic heterocycles. The van der Waals surface area contributed by atoms with Gasteiger partial charge in [-0.15, -0.1) is 0 Å². The molecule has 2 aliphatic rings. The van der Waals surface area contributed by atoms with E-state index in [1.54, 1.807) is 7.11 Å². The molecule has 178 valence electrons. The molecule has 7 heteroatoms. The van der Waals surface area contributed by atoms with E-state index in [0.717, 1.165) is 55.7 Å². The molecular weight excluding hydrogens is 428 g/mol. The Morgan fingerprint density at radius 1 is 1.12 bits per heavy atom. The number of halogens is 1. The van der Waals surface area contributed by atoms with Crippen LogP contribution in [0.25, 0.3) is 0 Å². The van der Waals surface area contributed by atoms with E-state index in [-0.39, 0.29) is 24.3 Å². The molecule has 0 radical (unpaired) electrons. The lowest BCUT2D eigenvalue weighted by Gasteiger charge is -2.41. The zero-order valence-corrected chi connectivity index (χ0v) is 20.5. The molecule has 1 aromatic rings. The topological polar surface area (TPSA) is 59.1 Å². The van der Waals surface area contributed by atoms with Crippen molar-refractivity contribution >= 4 is 23.3 Å². The summed E-state index contributed by atoms with van der Waals surface area (Å²) in [4.78, 5) is 29.7. The zero-order chi connectivity index (χ0) is 23.1. The Bertz CT molecular complexity index is 794. The number of Topliss-reactive ketones (excluding diaryl/α,β-unsaturated/α-hetero) is 1. The molecule has 0 aromatic heterocycles. The first-order chi connectivity index (χ1) is 15.4. The Morgan fingerprint density at radius 3 is 2.53 bits per heavy atom. The lowest BCUT2D eigenvalue weighted by Crippen LogP contribution is -2.54. The summed E-state index contributed by atoms with van der Waals surface area (Å²) in [5.41, 5.74) is 3.20. The van der Waals surface area contributed by atoms with E-state index >= 15 is 0 Å². The number of piperazine rings is 1. The van der Waals surface area contributed by atoms with E-state index in [9.17, 15) is 9.59 Å². The SMILES string of the molecule is COCCOCC(=O)Cc1cc(Cl)cc(CN2CCN(C(=O)C3CCCC3)[C@@H](C)C2)c1C. The number of nitrogens with zero attached hydrogens (tertiary/aromatic N) is 2. The second kappa shape index (κ2) is 12.1. The highest BCUT2D eigenvalue weighted by Crippen LogP contribution is 2.29. The van der Waals surface area contributed by atoms with E-state index in [1.807, 2.05) is 12.1 Å². The molecule has 1 amide bonds. The van der Waals surface area contributed by atoms with E-state index < -0.39 is 0 Å². The summed E-state index contributed by atoms with van der Waals surface area (Å²) in [6, 6.07) is 4.09. The second-order valence-electron chi connectivity index (χ2n) is 9.21. The van der Waals surface area contributed by atoms with Crippen LogP contribution in [0.5, 0.6) is 0 Å². The van der Waals surface area contributed by atoms with Gasteiger partial charge < -0.3 is 14.4 Å². The van der Waals surface area contributed by atoms with Crippen LogP contribution in [0.15, 0.2) is 12.1 Å². The van der Waals surface area contributed by atoms with Gasteiger partial charge in [-0.25, -0.2) is 0 Å².